The number of hydrogen-bond donors (Lipinski definition) is 1. The van der Waals surface area contributed by atoms with Crippen molar-refractivity contribution >= 4 is 5.91 Å². The number of carbonyl (C=O) groups is 1. The molecule has 0 radical (unpaired) electrons. The minimum Gasteiger partial charge on any atom is -0.350 e. The number of benzene rings is 1. The summed E-state index contributed by atoms with van der Waals surface area (Å²) in [6, 6.07) is 8.59. The quantitative estimate of drug-likeness (QED) is 0.872. The fourth-order valence-corrected chi connectivity index (χ4v) is 6.64. The molecule has 4 fully saturated rings. The molecule has 122 valence electrons. The molecule has 1 N–H and O–H groups in total. The number of rotatable bonds is 2. The van der Waals surface area contributed by atoms with Gasteiger partial charge in [0.25, 0.3) is 0 Å². The summed E-state index contributed by atoms with van der Waals surface area (Å²) in [6.45, 7) is 0. The maximum absolute atomic E-state index is 13.1. The van der Waals surface area contributed by atoms with Crippen molar-refractivity contribution < 1.29 is 4.79 Å². The molecule has 0 unspecified atom stereocenters. The highest BCUT2D eigenvalue weighted by atomic mass is 16.2. The van der Waals surface area contributed by atoms with Crippen molar-refractivity contribution in [2.75, 3.05) is 0 Å². The first-order valence-corrected chi connectivity index (χ1v) is 9.61. The highest BCUT2D eigenvalue weighted by Gasteiger charge is 2.51. The third-order valence-corrected chi connectivity index (χ3v) is 7.11. The van der Waals surface area contributed by atoms with Crippen LogP contribution in [0.5, 0.6) is 0 Å². The van der Waals surface area contributed by atoms with Crippen LogP contribution in [0.15, 0.2) is 24.3 Å². The zero-order chi connectivity index (χ0) is 15.4. The third kappa shape index (κ3) is 2.33. The molecule has 0 aromatic heterocycles. The standard InChI is InChI=1S/C21H27NO/c23-20(19-7-3-5-17-4-1-2-6-18(17)19)22-21-11-14-8-15(12-21)10-16(9-14)13-21/h1-2,4,6,14-16,19H,3,5,7-13H2,(H,22,23)/t14?,15?,16?,19-,21?/m1/s1. The summed E-state index contributed by atoms with van der Waals surface area (Å²) in [6.07, 6.45) is 11.4. The normalized spacial score (nSPS) is 40.7. The van der Waals surface area contributed by atoms with Crippen molar-refractivity contribution in [3.63, 3.8) is 0 Å². The van der Waals surface area contributed by atoms with Crippen molar-refractivity contribution in [3.05, 3.63) is 35.4 Å². The Morgan fingerprint density at radius 1 is 1.00 bits per heavy atom. The number of hydrogen-bond acceptors (Lipinski definition) is 1. The fraction of sp³-hybridized carbons (Fsp3) is 0.667. The second-order valence-electron chi connectivity index (χ2n) is 8.83. The molecular formula is C21H27NO. The molecule has 23 heavy (non-hydrogen) atoms. The van der Waals surface area contributed by atoms with Gasteiger partial charge in [-0.3, -0.25) is 4.79 Å². The highest BCUT2D eigenvalue weighted by molar-refractivity contribution is 5.85. The van der Waals surface area contributed by atoms with Gasteiger partial charge in [0.15, 0.2) is 0 Å². The van der Waals surface area contributed by atoms with Crippen LogP contribution in [0.1, 0.15) is 68.4 Å². The first-order chi connectivity index (χ1) is 11.2. The van der Waals surface area contributed by atoms with Gasteiger partial charge in [-0.2, -0.15) is 0 Å². The zero-order valence-electron chi connectivity index (χ0n) is 13.9. The van der Waals surface area contributed by atoms with E-state index < -0.39 is 0 Å². The summed E-state index contributed by atoms with van der Waals surface area (Å²) < 4.78 is 0. The molecule has 2 heteroatoms. The predicted octanol–water partition coefficient (Wildman–Crippen LogP) is 4.19. The minimum atomic E-state index is 0.0907. The summed E-state index contributed by atoms with van der Waals surface area (Å²) in [5.41, 5.74) is 2.84. The number of carbonyl (C=O) groups excluding carboxylic acids is 1. The number of fused-ring (bicyclic) bond motifs is 1. The van der Waals surface area contributed by atoms with Crippen LogP contribution in [-0.2, 0) is 11.2 Å². The van der Waals surface area contributed by atoms with Crippen molar-refractivity contribution in [2.24, 2.45) is 17.8 Å². The van der Waals surface area contributed by atoms with E-state index in [1.54, 1.807) is 0 Å². The van der Waals surface area contributed by atoms with Crippen LogP contribution in [0.4, 0.5) is 0 Å². The largest absolute Gasteiger partial charge is 0.350 e. The Morgan fingerprint density at radius 3 is 2.35 bits per heavy atom. The van der Waals surface area contributed by atoms with Gasteiger partial charge in [-0.15, -0.1) is 0 Å². The summed E-state index contributed by atoms with van der Waals surface area (Å²) in [4.78, 5) is 13.1. The molecule has 1 aromatic rings. The molecule has 2 nitrogen and oxygen atoms in total. The van der Waals surface area contributed by atoms with Crippen molar-refractivity contribution in [2.45, 2.75) is 69.2 Å². The average Bonchev–Trinajstić information content (AvgIpc) is 2.52. The van der Waals surface area contributed by atoms with E-state index in [0.29, 0.717) is 5.91 Å². The van der Waals surface area contributed by atoms with Crippen LogP contribution in [0.25, 0.3) is 0 Å². The maximum atomic E-state index is 13.1. The summed E-state index contributed by atoms with van der Waals surface area (Å²) in [5, 5.41) is 3.60. The molecule has 5 aliphatic rings. The van der Waals surface area contributed by atoms with Crippen LogP contribution in [0, 0.1) is 17.8 Å². The molecule has 0 spiro atoms. The number of aryl methyl sites for hydroxylation is 1. The lowest BCUT2D eigenvalue weighted by atomic mass is 9.53. The van der Waals surface area contributed by atoms with Crippen molar-refractivity contribution in [1.29, 1.82) is 0 Å². The van der Waals surface area contributed by atoms with Gasteiger partial charge in [-0.1, -0.05) is 24.3 Å². The smallest absolute Gasteiger partial charge is 0.227 e. The topological polar surface area (TPSA) is 29.1 Å². The Kier molecular flexibility index (Phi) is 3.11. The second kappa shape index (κ2) is 5.09. The Morgan fingerprint density at radius 2 is 1.65 bits per heavy atom. The lowest BCUT2D eigenvalue weighted by Gasteiger charge is -2.57. The van der Waals surface area contributed by atoms with Crippen LogP contribution >= 0.6 is 0 Å². The van der Waals surface area contributed by atoms with E-state index in [1.807, 2.05) is 0 Å². The van der Waals surface area contributed by atoms with Gasteiger partial charge in [-0.25, -0.2) is 0 Å². The monoisotopic (exact) mass is 309 g/mol. The third-order valence-electron chi connectivity index (χ3n) is 7.11. The fourth-order valence-electron chi connectivity index (χ4n) is 6.64. The molecule has 0 heterocycles. The van der Waals surface area contributed by atoms with Gasteiger partial charge in [0.05, 0.1) is 5.92 Å². The highest BCUT2D eigenvalue weighted by Crippen LogP contribution is 2.55. The lowest BCUT2D eigenvalue weighted by molar-refractivity contribution is -0.128. The average molecular weight is 309 g/mol. The molecular weight excluding hydrogens is 282 g/mol. The van der Waals surface area contributed by atoms with Crippen LogP contribution < -0.4 is 5.32 Å². The van der Waals surface area contributed by atoms with Gasteiger partial charge in [0.1, 0.15) is 0 Å². The molecule has 4 saturated carbocycles. The zero-order valence-corrected chi connectivity index (χ0v) is 13.9. The Hall–Kier alpha value is -1.31. The van der Waals surface area contributed by atoms with Crippen LogP contribution in [-0.4, -0.2) is 11.4 Å². The summed E-state index contributed by atoms with van der Waals surface area (Å²) >= 11 is 0. The van der Waals surface area contributed by atoms with Gasteiger partial charge >= 0.3 is 0 Å². The van der Waals surface area contributed by atoms with Gasteiger partial charge in [0.2, 0.25) is 5.91 Å². The molecule has 0 saturated heterocycles. The van der Waals surface area contributed by atoms with Crippen LogP contribution in [0.3, 0.4) is 0 Å². The van der Waals surface area contributed by atoms with E-state index in [2.05, 4.69) is 29.6 Å². The molecule has 6 rings (SSSR count). The maximum Gasteiger partial charge on any atom is 0.227 e. The van der Waals surface area contributed by atoms with Gasteiger partial charge in [-0.05, 0) is 86.7 Å². The minimum absolute atomic E-state index is 0.0907. The Bertz CT molecular complexity index is 599. The van der Waals surface area contributed by atoms with Crippen molar-refractivity contribution in [1.82, 2.24) is 5.32 Å². The van der Waals surface area contributed by atoms with Crippen molar-refractivity contribution in [3.8, 4) is 0 Å². The van der Waals surface area contributed by atoms with Crippen LogP contribution in [0.2, 0.25) is 0 Å². The van der Waals surface area contributed by atoms with E-state index in [4.69, 9.17) is 0 Å². The number of amides is 1. The van der Waals surface area contributed by atoms with E-state index in [0.717, 1.165) is 37.0 Å². The molecule has 0 aliphatic heterocycles. The second-order valence-corrected chi connectivity index (χ2v) is 8.83. The van der Waals surface area contributed by atoms with Gasteiger partial charge < -0.3 is 5.32 Å². The summed E-state index contributed by atoms with van der Waals surface area (Å²) in [5.74, 6) is 3.08. The first-order valence-electron chi connectivity index (χ1n) is 9.61. The SMILES string of the molecule is O=C(NC12CC3CC(CC(C3)C1)C2)[C@@H]1CCCc2ccccc21. The molecule has 1 atom stereocenters. The van der Waals surface area contributed by atoms with E-state index in [1.165, 1.54) is 49.7 Å². The molecule has 4 bridgehead atoms. The Balaban J connectivity index is 1.38. The first kappa shape index (κ1) is 14.1. The summed E-state index contributed by atoms with van der Waals surface area (Å²) in [7, 11) is 0. The Labute approximate surface area is 139 Å². The number of nitrogens with one attached hydrogen (secondary N) is 1. The molecule has 5 aliphatic carbocycles. The lowest BCUT2D eigenvalue weighted by Crippen LogP contribution is -2.60. The predicted molar refractivity (Wildman–Crippen MR) is 91.2 cm³/mol. The van der Waals surface area contributed by atoms with E-state index >= 15 is 0 Å². The molecule has 1 amide bonds. The van der Waals surface area contributed by atoms with Gasteiger partial charge in [0, 0.05) is 5.54 Å². The molecule has 1 aromatic carbocycles. The van der Waals surface area contributed by atoms with E-state index in [-0.39, 0.29) is 11.5 Å². The van der Waals surface area contributed by atoms with E-state index in [9.17, 15) is 4.79 Å².